The van der Waals surface area contributed by atoms with Gasteiger partial charge < -0.3 is 0 Å². The quantitative estimate of drug-likeness (QED) is 0.420. The molecule has 0 aliphatic heterocycles. The Balaban J connectivity index is 2.12. The number of aliphatic carboxylic acids is 1. The Kier molecular flexibility index (Phi) is 6.31. The van der Waals surface area contributed by atoms with Crippen molar-refractivity contribution in [3.8, 4) is 0 Å². The van der Waals surface area contributed by atoms with Crippen LogP contribution in [0.5, 0.6) is 0 Å². The standard InChI is InChI=1S/C25H29O2P/c1-28(22-14-6-2-7-15-22,23-16-8-3-9-17-23,24-18-10-4-11-19-24)21-13-5-12-20-25(26)27/h2-4,6-11,14-19H,5,12-13,20-21H2,1H3,(H,26,27). The van der Waals surface area contributed by atoms with Gasteiger partial charge in [0.2, 0.25) is 0 Å². The van der Waals surface area contributed by atoms with E-state index in [1.807, 2.05) is 0 Å². The molecule has 3 aromatic rings. The van der Waals surface area contributed by atoms with Gasteiger partial charge in [-0.3, -0.25) is 0 Å². The van der Waals surface area contributed by atoms with Crippen molar-refractivity contribution >= 4 is 28.5 Å². The molecule has 0 aliphatic rings. The van der Waals surface area contributed by atoms with Crippen molar-refractivity contribution in [2.75, 3.05) is 12.8 Å². The summed E-state index contributed by atoms with van der Waals surface area (Å²) < 4.78 is 0. The van der Waals surface area contributed by atoms with Crippen LogP contribution in [-0.4, -0.2) is 23.9 Å². The molecule has 2 nitrogen and oxygen atoms in total. The summed E-state index contributed by atoms with van der Waals surface area (Å²) in [5, 5.41) is 13.1. The third kappa shape index (κ3) is 3.88. The molecule has 0 heterocycles. The van der Waals surface area contributed by atoms with E-state index in [2.05, 4.69) is 97.7 Å². The normalized spacial score (nSPS) is 12.8. The van der Waals surface area contributed by atoms with Crippen molar-refractivity contribution in [3.63, 3.8) is 0 Å². The van der Waals surface area contributed by atoms with Gasteiger partial charge >= 0.3 is 168 Å². The fourth-order valence-electron chi connectivity index (χ4n) is 4.29. The molecule has 0 radical (unpaired) electrons. The van der Waals surface area contributed by atoms with Gasteiger partial charge in [-0.25, -0.2) is 0 Å². The van der Waals surface area contributed by atoms with Crippen molar-refractivity contribution < 1.29 is 9.90 Å². The van der Waals surface area contributed by atoms with E-state index in [1.165, 1.54) is 15.9 Å². The Labute approximate surface area is 168 Å². The number of carbonyl (C=O) groups is 1. The molecule has 0 saturated heterocycles. The van der Waals surface area contributed by atoms with Gasteiger partial charge in [0, 0.05) is 0 Å². The number of rotatable bonds is 9. The van der Waals surface area contributed by atoms with Gasteiger partial charge in [-0.15, -0.1) is 0 Å². The van der Waals surface area contributed by atoms with Crippen LogP contribution in [0.3, 0.4) is 0 Å². The molecule has 0 saturated carbocycles. The first kappa shape index (κ1) is 20.3. The van der Waals surface area contributed by atoms with Gasteiger partial charge in [0.25, 0.3) is 0 Å². The molecule has 0 fully saturated rings. The molecule has 1 N–H and O–H groups in total. The van der Waals surface area contributed by atoms with Crippen molar-refractivity contribution in [1.82, 2.24) is 0 Å². The van der Waals surface area contributed by atoms with Crippen LogP contribution in [0.1, 0.15) is 25.7 Å². The molecule has 0 bridgehead atoms. The minimum atomic E-state index is -2.66. The zero-order chi connectivity index (χ0) is 19.9. The van der Waals surface area contributed by atoms with Crippen LogP contribution in [0.15, 0.2) is 91.0 Å². The molecule has 0 aromatic heterocycles. The average molecular weight is 392 g/mol. The third-order valence-electron chi connectivity index (χ3n) is 5.97. The molecule has 0 unspecified atom stereocenters. The van der Waals surface area contributed by atoms with E-state index in [4.69, 9.17) is 5.11 Å². The first-order chi connectivity index (χ1) is 13.6. The van der Waals surface area contributed by atoms with E-state index in [-0.39, 0.29) is 6.42 Å². The Bertz CT molecular complexity index is 792. The molecule has 0 spiro atoms. The molecule has 3 heteroatoms. The first-order valence-electron chi connectivity index (χ1n) is 9.95. The molecule has 0 aliphatic carbocycles. The second-order valence-corrected chi connectivity index (χ2v) is 13.3. The van der Waals surface area contributed by atoms with E-state index < -0.39 is 12.6 Å². The van der Waals surface area contributed by atoms with Crippen molar-refractivity contribution in [3.05, 3.63) is 91.0 Å². The summed E-state index contributed by atoms with van der Waals surface area (Å²) in [6, 6.07) is 32.7. The van der Waals surface area contributed by atoms with Crippen LogP contribution in [-0.2, 0) is 4.79 Å². The summed E-state index contributed by atoms with van der Waals surface area (Å²) in [5.74, 6) is -0.705. The molecular formula is C25H29O2P. The predicted octanol–water partition coefficient (Wildman–Crippen LogP) is 4.79. The summed E-state index contributed by atoms with van der Waals surface area (Å²) in [6.45, 7) is -0.185. The third-order valence-corrected chi connectivity index (χ3v) is 12.5. The maximum absolute atomic E-state index is 10.9. The monoisotopic (exact) mass is 392 g/mol. The van der Waals surface area contributed by atoms with Gasteiger partial charge in [0.15, 0.2) is 0 Å². The van der Waals surface area contributed by atoms with Crippen molar-refractivity contribution in [1.29, 1.82) is 0 Å². The van der Waals surface area contributed by atoms with Crippen LogP contribution < -0.4 is 15.9 Å². The number of hydrogen-bond donors (Lipinski definition) is 1. The number of hydrogen-bond acceptors (Lipinski definition) is 1. The maximum atomic E-state index is 10.9. The summed E-state index contributed by atoms with van der Waals surface area (Å²) >= 11 is 0. The van der Waals surface area contributed by atoms with Gasteiger partial charge in [0.05, 0.1) is 0 Å². The van der Waals surface area contributed by atoms with E-state index in [0.717, 1.165) is 25.4 Å². The zero-order valence-electron chi connectivity index (χ0n) is 16.5. The van der Waals surface area contributed by atoms with E-state index in [9.17, 15) is 4.79 Å². The topological polar surface area (TPSA) is 37.3 Å². The minimum absolute atomic E-state index is 0.252. The summed E-state index contributed by atoms with van der Waals surface area (Å²) in [7, 11) is 0. The van der Waals surface area contributed by atoms with E-state index in [0.29, 0.717) is 0 Å². The van der Waals surface area contributed by atoms with Crippen LogP contribution in [0.25, 0.3) is 0 Å². The number of benzene rings is 3. The van der Waals surface area contributed by atoms with E-state index >= 15 is 0 Å². The SMILES string of the molecule is CP(CCCCCC(=O)O)(c1ccccc1)(c1ccccc1)c1ccccc1. The Morgan fingerprint density at radius 3 is 1.43 bits per heavy atom. The number of carboxylic acids is 1. The van der Waals surface area contributed by atoms with Crippen LogP contribution >= 0.6 is 6.60 Å². The Morgan fingerprint density at radius 1 is 0.679 bits per heavy atom. The van der Waals surface area contributed by atoms with Gasteiger partial charge in [0.1, 0.15) is 0 Å². The van der Waals surface area contributed by atoms with Crippen molar-refractivity contribution in [2.24, 2.45) is 0 Å². The van der Waals surface area contributed by atoms with Crippen molar-refractivity contribution in [2.45, 2.75) is 25.7 Å². The van der Waals surface area contributed by atoms with Crippen LogP contribution in [0.2, 0.25) is 0 Å². The molecule has 146 valence electrons. The second kappa shape index (κ2) is 8.71. The molecule has 28 heavy (non-hydrogen) atoms. The van der Waals surface area contributed by atoms with Crippen LogP contribution in [0.4, 0.5) is 0 Å². The molecular weight excluding hydrogens is 363 g/mol. The summed E-state index contributed by atoms with van der Waals surface area (Å²) in [6.07, 6.45) is 3.98. The Morgan fingerprint density at radius 2 is 1.07 bits per heavy atom. The fourth-order valence-corrected chi connectivity index (χ4v) is 9.91. The Hall–Kier alpha value is -2.44. The number of unbranched alkanes of at least 4 members (excludes halogenated alkanes) is 2. The van der Waals surface area contributed by atoms with Gasteiger partial charge in [-0.2, -0.15) is 0 Å². The van der Waals surface area contributed by atoms with Gasteiger partial charge in [-0.1, -0.05) is 0 Å². The predicted molar refractivity (Wildman–Crippen MR) is 122 cm³/mol. The molecule has 0 atom stereocenters. The summed E-state index contributed by atoms with van der Waals surface area (Å²) in [5.41, 5.74) is 0. The van der Waals surface area contributed by atoms with Gasteiger partial charge in [-0.05, 0) is 0 Å². The fraction of sp³-hybridized carbons (Fsp3) is 0.240. The van der Waals surface area contributed by atoms with Crippen LogP contribution in [0, 0.1) is 0 Å². The first-order valence-corrected chi connectivity index (χ1v) is 12.8. The average Bonchev–Trinajstić information content (AvgIpc) is 2.75. The molecule has 3 aromatic carbocycles. The molecule has 3 rings (SSSR count). The second-order valence-electron chi connectivity index (χ2n) is 7.73. The number of carboxylic acid groups (broad SMARTS) is 1. The van der Waals surface area contributed by atoms with E-state index in [1.54, 1.807) is 0 Å². The zero-order valence-corrected chi connectivity index (χ0v) is 17.4. The molecule has 0 amide bonds. The summed E-state index contributed by atoms with van der Waals surface area (Å²) in [4.78, 5) is 10.9.